The third kappa shape index (κ3) is 2.38. The van der Waals surface area contributed by atoms with E-state index >= 15 is 0 Å². The van der Waals surface area contributed by atoms with Gasteiger partial charge in [-0.25, -0.2) is 0 Å². The molecule has 0 unspecified atom stereocenters. The zero-order valence-electron chi connectivity index (χ0n) is 11.1. The first kappa shape index (κ1) is 13.4. The summed E-state index contributed by atoms with van der Waals surface area (Å²) in [6, 6.07) is 32.4. The molecule has 0 atom stereocenters. The third-order valence-electron chi connectivity index (χ3n) is 3.54. The fourth-order valence-corrected chi connectivity index (χ4v) is 8.07. The molecule has 0 aromatic heterocycles. The topological polar surface area (TPSA) is 0 Å². The Labute approximate surface area is 128 Å². The molecule has 3 aromatic rings. The predicted molar refractivity (Wildman–Crippen MR) is 89.7 cm³/mol. The van der Waals surface area contributed by atoms with E-state index in [1.165, 1.54) is 15.6 Å². The zero-order valence-corrected chi connectivity index (χ0v) is 13.8. The molecule has 0 saturated carbocycles. The summed E-state index contributed by atoms with van der Waals surface area (Å²) >= 11 is 3.58. The van der Waals surface area contributed by atoms with Crippen molar-refractivity contribution in [1.82, 2.24) is 0 Å². The van der Waals surface area contributed by atoms with Gasteiger partial charge in [-0.1, -0.05) is 0 Å². The summed E-state index contributed by atoms with van der Waals surface area (Å²) in [5, 5.41) is 4.20. The van der Waals surface area contributed by atoms with Gasteiger partial charge in [0.05, 0.1) is 0 Å². The molecule has 98 valence electrons. The fraction of sp³-hybridized carbons (Fsp3) is 0. The standard InChI is InChI=1S/C18H15SeSi/c19-20(16-10-4-1-5-11-16,17-12-6-2-7-13-17)18-14-8-3-9-15-18/h1-15H/q-1. The van der Waals surface area contributed by atoms with Gasteiger partial charge in [0.1, 0.15) is 0 Å². The zero-order chi connectivity index (χ0) is 13.8. The second-order valence-corrected chi connectivity index (χ2v) is 11.7. The maximum atomic E-state index is 3.58. The quantitative estimate of drug-likeness (QED) is 0.505. The van der Waals surface area contributed by atoms with Crippen molar-refractivity contribution >= 4 is 37.6 Å². The first-order valence-electron chi connectivity index (χ1n) is 6.69. The van der Waals surface area contributed by atoms with Gasteiger partial charge >= 0.3 is 129 Å². The molecule has 0 aliphatic rings. The minimum atomic E-state index is -2.00. The Balaban J connectivity index is 2.24. The molecule has 0 N–H and O–H groups in total. The molecule has 0 bridgehead atoms. The molecule has 0 radical (unpaired) electrons. The van der Waals surface area contributed by atoms with Crippen LogP contribution in [0.5, 0.6) is 0 Å². The second-order valence-electron chi connectivity index (χ2n) is 4.78. The van der Waals surface area contributed by atoms with E-state index in [-0.39, 0.29) is 0 Å². The molecule has 3 aromatic carbocycles. The van der Waals surface area contributed by atoms with E-state index in [9.17, 15) is 0 Å². The first-order valence-corrected chi connectivity index (χ1v) is 11.2. The van der Waals surface area contributed by atoms with Crippen molar-refractivity contribution in [1.29, 1.82) is 0 Å². The van der Waals surface area contributed by atoms with Crippen molar-refractivity contribution in [2.24, 2.45) is 0 Å². The van der Waals surface area contributed by atoms with Crippen molar-refractivity contribution in [2.45, 2.75) is 0 Å². The minimum absolute atomic E-state index is 1.40. The van der Waals surface area contributed by atoms with Gasteiger partial charge in [-0.3, -0.25) is 0 Å². The Kier molecular flexibility index (Phi) is 3.88. The number of hydrogen-bond acceptors (Lipinski definition) is 0. The summed E-state index contributed by atoms with van der Waals surface area (Å²) in [5.41, 5.74) is 0. The fourth-order valence-electron chi connectivity index (χ4n) is 2.52. The van der Waals surface area contributed by atoms with E-state index in [0.717, 1.165) is 0 Å². The van der Waals surface area contributed by atoms with Crippen LogP contribution in [0.4, 0.5) is 0 Å². The van der Waals surface area contributed by atoms with Crippen LogP contribution in [-0.4, -0.2) is 22.1 Å². The Morgan fingerprint density at radius 1 is 0.450 bits per heavy atom. The van der Waals surface area contributed by atoms with Crippen LogP contribution in [0.25, 0.3) is 0 Å². The normalized spacial score (nSPS) is 11.2. The van der Waals surface area contributed by atoms with Gasteiger partial charge in [-0.15, -0.1) is 0 Å². The molecular formula is C18H15SeSi-. The van der Waals surface area contributed by atoms with Gasteiger partial charge in [-0.2, -0.15) is 0 Å². The van der Waals surface area contributed by atoms with Crippen molar-refractivity contribution in [2.75, 3.05) is 0 Å². The molecule has 0 spiro atoms. The van der Waals surface area contributed by atoms with E-state index in [2.05, 4.69) is 106 Å². The van der Waals surface area contributed by atoms with E-state index in [1.807, 2.05) is 0 Å². The first-order chi connectivity index (χ1) is 9.82. The Morgan fingerprint density at radius 2 is 0.700 bits per heavy atom. The summed E-state index contributed by atoms with van der Waals surface area (Å²) in [4.78, 5) is 0. The van der Waals surface area contributed by atoms with Gasteiger partial charge in [-0.05, 0) is 0 Å². The number of hydrogen-bond donors (Lipinski definition) is 0. The second kappa shape index (κ2) is 5.80. The summed E-state index contributed by atoms with van der Waals surface area (Å²) in [6.07, 6.45) is 0. The van der Waals surface area contributed by atoms with E-state index in [4.69, 9.17) is 0 Å². The summed E-state index contributed by atoms with van der Waals surface area (Å²) < 4.78 is 0. The Hall–Kier alpha value is -1.60. The van der Waals surface area contributed by atoms with Crippen molar-refractivity contribution in [3.05, 3.63) is 91.0 Å². The molecule has 20 heavy (non-hydrogen) atoms. The molecule has 0 aliphatic carbocycles. The SMILES string of the molecule is [Se-][Si](c1ccccc1)(c1ccccc1)c1ccccc1. The van der Waals surface area contributed by atoms with Gasteiger partial charge in [0.25, 0.3) is 0 Å². The summed E-state index contributed by atoms with van der Waals surface area (Å²) in [7, 11) is 0. The molecule has 0 nitrogen and oxygen atoms in total. The molecule has 0 heterocycles. The van der Waals surface area contributed by atoms with E-state index in [0.29, 0.717) is 0 Å². The average Bonchev–Trinajstić information content (AvgIpc) is 2.56. The maximum absolute atomic E-state index is 3.58. The monoisotopic (exact) mass is 339 g/mol. The van der Waals surface area contributed by atoms with Crippen LogP contribution in [-0.2, 0) is 0 Å². The molecule has 0 aliphatic heterocycles. The number of benzene rings is 3. The molecule has 0 saturated heterocycles. The predicted octanol–water partition coefficient (Wildman–Crippen LogP) is 1.82. The summed E-state index contributed by atoms with van der Waals surface area (Å²) in [5.74, 6) is 0. The third-order valence-corrected chi connectivity index (χ3v) is 11.4. The van der Waals surface area contributed by atoms with Crippen molar-refractivity contribution in [3.63, 3.8) is 0 Å². The van der Waals surface area contributed by atoms with Crippen LogP contribution in [0, 0.1) is 0 Å². The van der Waals surface area contributed by atoms with Gasteiger partial charge in [0.2, 0.25) is 0 Å². The summed E-state index contributed by atoms with van der Waals surface area (Å²) in [6.45, 7) is -2.00. The van der Waals surface area contributed by atoms with Gasteiger partial charge < -0.3 is 0 Å². The van der Waals surface area contributed by atoms with E-state index < -0.39 is 6.68 Å². The Morgan fingerprint density at radius 3 is 0.950 bits per heavy atom. The van der Waals surface area contributed by atoms with Crippen LogP contribution in [0.3, 0.4) is 0 Å². The van der Waals surface area contributed by atoms with Crippen molar-refractivity contribution < 1.29 is 0 Å². The van der Waals surface area contributed by atoms with E-state index in [1.54, 1.807) is 0 Å². The van der Waals surface area contributed by atoms with Crippen molar-refractivity contribution in [3.8, 4) is 0 Å². The van der Waals surface area contributed by atoms with Gasteiger partial charge in [0, 0.05) is 0 Å². The van der Waals surface area contributed by atoms with Gasteiger partial charge in [0.15, 0.2) is 0 Å². The van der Waals surface area contributed by atoms with Crippen LogP contribution in [0.15, 0.2) is 91.0 Å². The van der Waals surface area contributed by atoms with Crippen LogP contribution >= 0.6 is 0 Å². The Bertz CT molecular complexity index is 569. The molecule has 0 amide bonds. The average molecular weight is 338 g/mol. The number of rotatable bonds is 3. The van der Waals surface area contributed by atoms with Crippen LogP contribution < -0.4 is 15.6 Å². The van der Waals surface area contributed by atoms with Crippen LogP contribution in [0.1, 0.15) is 0 Å². The molecule has 0 fully saturated rings. The molecule has 2 heteroatoms. The molecule has 3 rings (SSSR count). The van der Waals surface area contributed by atoms with Crippen LogP contribution in [0.2, 0.25) is 0 Å². The molecular weight excluding hydrogens is 323 g/mol.